The van der Waals surface area contributed by atoms with Gasteiger partial charge in [0.15, 0.2) is 5.96 Å². The summed E-state index contributed by atoms with van der Waals surface area (Å²) < 4.78 is 16.6. The highest BCUT2D eigenvalue weighted by atomic mass is 127. The predicted octanol–water partition coefficient (Wildman–Crippen LogP) is 1.86. The van der Waals surface area contributed by atoms with Crippen molar-refractivity contribution in [1.82, 2.24) is 15.5 Å². The SMILES string of the molecule is CCNC(=NCCCOCC1CCCO1)NCCCCN1CCOCC1.I. The summed E-state index contributed by atoms with van der Waals surface area (Å²) in [5.41, 5.74) is 0. The van der Waals surface area contributed by atoms with Crippen molar-refractivity contribution in [2.75, 3.05) is 72.3 Å². The van der Waals surface area contributed by atoms with E-state index in [1.54, 1.807) is 0 Å². The molecular weight excluding hydrogens is 459 g/mol. The zero-order valence-corrected chi connectivity index (χ0v) is 19.2. The standard InChI is InChI=1S/C19H38N4O3.HI/c1-2-20-19(21-8-3-4-10-23-11-15-24-16-12-23)22-9-6-13-25-17-18-7-5-14-26-18;/h18H,2-17H2,1H3,(H2,20,21,22);1H. The first-order valence-corrected chi connectivity index (χ1v) is 10.4. The van der Waals surface area contributed by atoms with Gasteiger partial charge in [-0.1, -0.05) is 0 Å². The zero-order valence-electron chi connectivity index (χ0n) is 16.9. The Hall–Kier alpha value is -0.160. The van der Waals surface area contributed by atoms with E-state index in [0.29, 0.717) is 6.10 Å². The molecule has 0 bridgehead atoms. The van der Waals surface area contributed by atoms with E-state index in [-0.39, 0.29) is 24.0 Å². The van der Waals surface area contributed by atoms with E-state index in [4.69, 9.17) is 14.2 Å². The third-order valence-electron chi connectivity index (χ3n) is 4.69. The summed E-state index contributed by atoms with van der Waals surface area (Å²) in [5, 5.41) is 6.74. The number of aliphatic imine (C=N–C) groups is 1. The average Bonchev–Trinajstić information content (AvgIpc) is 3.18. The van der Waals surface area contributed by atoms with Crippen molar-refractivity contribution in [1.29, 1.82) is 0 Å². The maximum atomic E-state index is 5.68. The van der Waals surface area contributed by atoms with Crippen LogP contribution in [0, 0.1) is 0 Å². The van der Waals surface area contributed by atoms with Crippen LogP contribution in [0.15, 0.2) is 4.99 Å². The predicted molar refractivity (Wildman–Crippen MR) is 120 cm³/mol. The van der Waals surface area contributed by atoms with E-state index in [1.807, 2.05) is 0 Å². The molecule has 2 rings (SSSR count). The quantitative estimate of drug-likeness (QED) is 0.185. The van der Waals surface area contributed by atoms with Crippen LogP contribution in [0.5, 0.6) is 0 Å². The molecule has 1 atom stereocenters. The summed E-state index contributed by atoms with van der Waals surface area (Å²) in [5.74, 6) is 0.915. The fourth-order valence-electron chi connectivity index (χ4n) is 3.18. The van der Waals surface area contributed by atoms with Gasteiger partial charge in [0.2, 0.25) is 0 Å². The molecule has 0 aromatic carbocycles. The zero-order chi connectivity index (χ0) is 18.3. The van der Waals surface area contributed by atoms with Crippen molar-refractivity contribution >= 4 is 29.9 Å². The fraction of sp³-hybridized carbons (Fsp3) is 0.947. The minimum Gasteiger partial charge on any atom is -0.379 e. The monoisotopic (exact) mass is 498 g/mol. The average molecular weight is 498 g/mol. The minimum absolute atomic E-state index is 0. The number of morpholine rings is 1. The topological polar surface area (TPSA) is 67.4 Å². The molecule has 0 spiro atoms. The molecule has 2 heterocycles. The Balaban J connectivity index is 0.00000364. The highest BCUT2D eigenvalue weighted by Crippen LogP contribution is 2.11. The lowest BCUT2D eigenvalue weighted by Gasteiger charge is -2.26. The third kappa shape index (κ3) is 12.1. The van der Waals surface area contributed by atoms with Crippen LogP contribution in [-0.2, 0) is 14.2 Å². The summed E-state index contributed by atoms with van der Waals surface area (Å²) in [4.78, 5) is 7.11. The van der Waals surface area contributed by atoms with Gasteiger partial charge in [0.25, 0.3) is 0 Å². The number of ether oxygens (including phenoxy) is 3. The Kier molecular flexibility index (Phi) is 15.4. The highest BCUT2D eigenvalue weighted by Gasteiger charge is 2.14. The molecule has 160 valence electrons. The Morgan fingerprint density at radius 1 is 1.15 bits per heavy atom. The maximum Gasteiger partial charge on any atom is 0.191 e. The van der Waals surface area contributed by atoms with Gasteiger partial charge in [0, 0.05) is 45.9 Å². The van der Waals surface area contributed by atoms with E-state index >= 15 is 0 Å². The van der Waals surface area contributed by atoms with Gasteiger partial charge >= 0.3 is 0 Å². The molecule has 0 aliphatic carbocycles. The number of nitrogens with one attached hydrogen (secondary N) is 2. The summed E-state index contributed by atoms with van der Waals surface area (Å²) in [6.07, 6.45) is 5.94. The van der Waals surface area contributed by atoms with E-state index in [0.717, 1.165) is 91.0 Å². The third-order valence-corrected chi connectivity index (χ3v) is 4.69. The number of halogens is 1. The van der Waals surface area contributed by atoms with Gasteiger partial charge in [-0.2, -0.15) is 0 Å². The minimum atomic E-state index is 0. The van der Waals surface area contributed by atoms with Gasteiger partial charge in [0.05, 0.1) is 25.9 Å². The van der Waals surface area contributed by atoms with Gasteiger partial charge in [-0.05, 0) is 45.6 Å². The van der Waals surface area contributed by atoms with Crippen molar-refractivity contribution < 1.29 is 14.2 Å². The normalized spacial score (nSPS) is 21.1. The molecule has 0 saturated carbocycles. The fourth-order valence-corrected chi connectivity index (χ4v) is 3.18. The van der Waals surface area contributed by atoms with Crippen LogP contribution in [0.4, 0.5) is 0 Å². The number of rotatable bonds is 12. The molecule has 0 amide bonds. The first kappa shape index (κ1) is 24.9. The molecule has 0 aromatic heterocycles. The van der Waals surface area contributed by atoms with Crippen molar-refractivity contribution in [2.45, 2.75) is 45.1 Å². The van der Waals surface area contributed by atoms with Crippen LogP contribution in [-0.4, -0.2) is 89.3 Å². The molecular formula is C19H39IN4O3. The first-order chi connectivity index (χ1) is 12.9. The Bertz CT molecular complexity index is 376. The van der Waals surface area contributed by atoms with Crippen molar-refractivity contribution in [2.24, 2.45) is 4.99 Å². The highest BCUT2D eigenvalue weighted by molar-refractivity contribution is 14.0. The maximum absolute atomic E-state index is 5.68. The van der Waals surface area contributed by atoms with Crippen LogP contribution in [0.25, 0.3) is 0 Å². The van der Waals surface area contributed by atoms with Crippen molar-refractivity contribution in [3.05, 3.63) is 0 Å². The van der Waals surface area contributed by atoms with Crippen molar-refractivity contribution in [3.8, 4) is 0 Å². The van der Waals surface area contributed by atoms with E-state index in [9.17, 15) is 0 Å². The lowest BCUT2D eigenvalue weighted by atomic mass is 10.2. The molecule has 2 saturated heterocycles. The number of hydrogen-bond donors (Lipinski definition) is 2. The van der Waals surface area contributed by atoms with Crippen LogP contribution in [0.3, 0.4) is 0 Å². The lowest BCUT2D eigenvalue weighted by Crippen LogP contribution is -2.39. The second-order valence-corrected chi connectivity index (χ2v) is 6.91. The summed E-state index contributed by atoms with van der Waals surface area (Å²) >= 11 is 0. The second kappa shape index (κ2) is 16.8. The largest absolute Gasteiger partial charge is 0.379 e. The van der Waals surface area contributed by atoms with Gasteiger partial charge in [-0.3, -0.25) is 9.89 Å². The number of nitrogens with zero attached hydrogens (tertiary/aromatic N) is 2. The van der Waals surface area contributed by atoms with Crippen LogP contribution in [0.2, 0.25) is 0 Å². The molecule has 27 heavy (non-hydrogen) atoms. The van der Waals surface area contributed by atoms with E-state index in [2.05, 4.69) is 27.4 Å². The Morgan fingerprint density at radius 3 is 2.74 bits per heavy atom. The van der Waals surface area contributed by atoms with Crippen LogP contribution in [0.1, 0.15) is 39.0 Å². The molecule has 0 radical (unpaired) electrons. The molecule has 0 aromatic rings. The second-order valence-electron chi connectivity index (χ2n) is 6.91. The molecule has 1 unspecified atom stereocenters. The van der Waals surface area contributed by atoms with Crippen LogP contribution < -0.4 is 10.6 Å². The number of hydrogen-bond acceptors (Lipinski definition) is 5. The molecule has 7 nitrogen and oxygen atoms in total. The number of guanidine groups is 1. The van der Waals surface area contributed by atoms with Gasteiger partial charge in [0.1, 0.15) is 0 Å². The molecule has 2 N–H and O–H groups in total. The summed E-state index contributed by atoms with van der Waals surface area (Å²) in [6, 6.07) is 0. The molecule has 8 heteroatoms. The molecule has 2 fully saturated rings. The Morgan fingerprint density at radius 2 is 2.00 bits per heavy atom. The molecule has 2 aliphatic heterocycles. The van der Waals surface area contributed by atoms with Crippen LogP contribution >= 0.6 is 24.0 Å². The van der Waals surface area contributed by atoms with E-state index in [1.165, 1.54) is 19.4 Å². The Labute approximate surface area is 182 Å². The summed E-state index contributed by atoms with van der Waals surface area (Å²) in [6.45, 7) is 12.2. The lowest BCUT2D eigenvalue weighted by molar-refractivity contribution is 0.0171. The van der Waals surface area contributed by atoms with E-state index < -0.39 is 0 Å². The molecule has 2 aliphatic rings. The number of unbranched alkanes of at least 4 members (excludes halogenated alkanes) is 1. The van der Waals surface area contributed by atoms with Gasteiger partial charge < -0.3 is 24.8 Å². The smallest absolute Gasteiger partial charge is 0.191 e. The van der Waals surface area contributed by atoms with Gasteiger partial charge in [-0.15, -0.1) is 24.0 Å². The van der Waals surface area contributed by atoms with Crippen molar-refractivity contribution in [3.63, 3.8) is 0 Å². The first-order valence-electron chi connectivity index (χ1n) is 10.4. The summed E-state index contributed by atoms with van der Waals surface area (Å²) in [7, 11) is 0. The van der Waals surface area contributed by atoms with Gasteiger partial charge in [-0.25, -0.2) is 0 Å².